The number of benzene rings is 2. The summed E-state index contributed by atoms with van der Waals surface area (Å²) in [6.07, 6.45) is 0. The lowest BCUT2D eigenvalue weighted by molar-refractivity contribution is -0.123. The summed E-state index contributed by atoms with van der Waals surface area (Å²) in [4.78, 5) is 11.7. The molecule has 0 bridgehead atoms. The van der Waals surface area contributed by atoms with E-state index in [0.717, 1.165) is 11.1 Å². The van der Waals surface area contributed by atoms with Gasteiger partial charge < -0.3 is 14.8 Å². The monoisotopic (exact) mass is 392 g/mol. The van der Waals surface area contributed by atoms with Gasteiger partial charge in [0.15, 0.2) is 6.61 Å². The van der Waals surface area contributed by atoms with Crippen LogP contribution in [0.1, 0.15) is 11.1 Å². The number of sulfonamides is 1. The van der Waals surface area contributed by atoms with Gasteiger partial charge in [-0.25, -0.2) is 8.42 Å². The van der Waals surface area contributed by atoms with Crippen molar-refractivity contribution in [2.24, 2.45) is 0 Å². The quantitative estimate of drug-likeness (QED) is 0.639. The molecule has 0 heterocycles. The van der Waals surface area contributed by atoms with Crippen molar-refractivity contribution in [2.75, 3.05) is 31.6 Å². The minimum absolute atomic E-state index is 0.109. The Morgan fingerprint density at radius 2 is 1.74 bits per heavy atom. The molecule has 0 saturated heterocycles. The molecule has 1 amide bonds. The highest BCUT2D eigenvalue weighted by Gasteiger charge is 2.14. The molecular weight excluding hydrogens is 368 g/mol. The molecule has 27 heavy (non-hydrogen) atoms. The summed E-state index contributed by atoms with van der Waals surface area (Å²) >= 11 is 0. The van der Waals surface area contributed by atoms with E-state index >= 15 is 0 Å². The van der Waals surface area contributed by atoms with E-state index in [2.05, 4.69) is 10.0 Å². The zero-order chi connectivity index (χ0) is 19.9. The van der Waals surface area contributed by atoms with E-state index in [0.29, 0.717) is 24.6 Å². The molecule has 0 aromatic heterocycles. The fraction of sp³-hybridized carbons (Fsp3) is 0.316. The number of hydrogen-bond acceptors (Lipinski definition) is 5. The SMILES string of the molecule is COCCNC(=O)COc1ccc(S(=O)(=O)Nc2ccc(C)c(C)c2)cc1. The van der Waals surface area contributed by atoms with Crippen LogP contribution in [0.2, 0.25) is 0 Å². The molecule has 0 radical (unpaired) electrons. The number of methoxy groups -OCH3 is 1. The molecule has 0 aliphatic heterocycles. The molecule has 0 aliphatic carbocycles. The van der Waals surface area contributed by atoms with E-state index in [-0.39, 0.29) is 17.4 Å². The summed E-state index contributed by atoms with van der Waals surface area (Å²) in [6, 6.07) is 11.3. The minimum Gasteiger partial charge on any atom is -0.484 e. The van der Waals surface area contributed by atoms with Crippen LogP contribution in [0.3, 0.4) is 0 Å². The first kappa shape index (κ1) is 20.7. The predicted octanol–water partition coefficient (Wildman–Crippen LogP) is 2.25. The molecule has 0 spiro atoms. The summed E-state index contributed by atoms with van der Waals surface area (Å²) in [5.41, 5.74) is 2.60. The zero-order valence-electron chi connectivity index (χ0n) is 15.6. The molecule has 2 N–H and O–H groups in total. The number of anilines is 1. The van der Waals surface area contributed by atoms with Gasteiger partial charge in [0.2, 0.25) is 0 Å². The number of ether oxygens (including phenoxy) is 2. The lowest BCUT2D eigenvalue weighted by Crippen LogP contribution is -2.31. The second kappa shape index (κ2) is 9.38. The molecule has 0 fully saturated rings. The fourth-order valence-electron chi connectivity index (χ4n) is 2.23. The van der Waals surface area contributed by atoms with Crippen LogP contribution >= 0.6 is 0 Å². The Kier molecular flexibility index (Phi) is 7.20. The van der Waals surface area contributed by atoms with E-state index < -0.39 is 10.0 Å². The fourth-order valence-corrected chi connectivity index (χ4v) is 3.28. The van der Waals surface area contributed by atoms with Crippen LogP contribution in [0, 0.1) is 13.8 Å². The lowest BCUT2D eigenvalue weighted by Gasteiger charge is -2.11. The van der Waals surface area contributed by atoms with Crippen molar-refractivity contribution in [3.63, 3.8) is 0 Å². The van der Waals surface area contributed by atoms with Gasteiger partial charge in [0.1, 0.15) is 5.75 Å². The number of nitrogens with one attached hydrogen (secondary N) is 2. The van der Waals surface area contributed by atoms with Gasteiger partial charge in [-0.1, -0.05) is 6.07 Å². The highest BCUT2D eigenvalue weighted by atomic mass is 32.2. The Hall–Kier alpha value is -2.58. The highest BCUT2D eigenvalue weighted by Crippen LogP contribution is 2.21. The smallest absolute Gasteiger partial charge is 0.261 e. The molecule has 2 aromatic rings. The van der Waals surface area contributed by atoms with E-state index in [1.54, 1.807) is 19.2 Å². The van der Waals surface area contributed by atoms with Crippen molar-refractivity contribution in [1.82, 2.24) is 5.32 Å². The van der Waals surface area contributed by atoms with Crippen molar-refractivity contribution in [1.29, 1.82) is 0 Å². The molecule has 0 unspecified atom stereocenters. The second-order valence-corrected chi connectivity index (χ2v) is 7.69. The summed E-state index contributed by atoms with van der Waals surface area (Å²) in [7, 11) is -2.16. The second-order valence-electron chi connectivity index (χ2n) is 6.01. The maximum absolute atomic E-state index is 12.5. The Morgan fingerprint density at radius 1 is 1.04 bits per heavy atom. The molecule has 0 aliphatic rings. The molecule has 0 saturated carbocycles. The largest absolute Gasteiger partial charge is 0.484 e. The van der Waals surface area contributed by atoms with Crippen molar-refractivity contribution in [3.8, 4) is 5.75 Å². The van der Waals surface area contributed by atoms with Crippen LogP contribution in [-0.4, -0.2) is 41.2 Å². The van der Waals surface area contributed by atoms with Crippen molar-refractivity contribution in [2.45, 2.75) is 18.7 Å². The Balaban J connectivity index is 1.96. The minimum atomic E-state index is -3.70. The highest BCUT2D eigenvalue weighted by molar-refractivity contribution is 7.92. The summed E-state index contributed by atoms with van der Waals surface area (Å²) in [5, 5.41) is 2.63. The Bertz CT molecular complexity index is 879. The standard InChI is InChI=1S/C19H24N2O5S/c1-14-4-5-16(12-15(14)2)21-27(23,24)18-8-6-17(7-9-18)26-13-19(22)20-10-11-25-3/h4-9,12,21H,10-11,13H2,1-3H3,(H,20,22). The topological polar surface area (TPSA) is 93.7 Å². The van der Waals surface area contributed by atoms with Gasteiger partial charge in [-0.15, -0.1) is 0 Å². The third-order valence-corrected chi connectivity index (χ3v) is 5.29. The average Bonchev–Trinajstić information content (AvgIpc) is 2.63. The first-order valence-corrected chi connectivity index (χ1v) is 9.89. The maximum atomic E-state index is 12.5. The third kappa shape index (κ3) is 6.26. The van der Waals surface area contributed by atoms with Gasteiger partial charge >= 0.3 is 0 Å². The summed E-state index contributed by atoms with van der Waals surface area (Å²) in [5.74, 6) is 0.127. The van der Waals surface area contributed by atoms with Gasteiger partial charge in [-0.2, -0.15) is 0 Å². The predicted molar refractivity (Wildman–Crippen MR) is 104 cm³/mol. The van der Waals surface area contributed by atoms with Crippen molar-refractivity contribution >= 4 is 21.6 Å². The Morgan fingerprint density at radius 3 is 2.37 bits per heavy atom. The molecule has 146 valence electrons. The molecular formula is C19H24N2O5S. The number of aryl methyl sites for hydroxylation is 2. The third-order valence-electron chi connectivity index (χ3n) is 3.89. The van der Waals surface area contributed by atoms with Gasteiger partial charge in [-0.3, -0.25) is 9.52 Å². The van der Waals surface area contributed by atoms with Gasteiger partial charge in [0, 0.05) is 19.3 Å². The summed E-state index contributed by atoms with van der Waals surface area (Å²) < 4.78 is 37.7. The van der Waals surface area contributed by atoms with Gasteiger partial charge in [0.05, 0.1) is 11.5 Å². The van der Waals surface area contributed by atoms with Gasteiger partial charge in [-0.05, 0) is 61.4 Å². The number of hydrogen-bond donors (Lipinski definition) is 2. The van der Waals surface area contributed by atoms with E-state index in [9.17, 15) is 13.2 Å². The Labute approximate surface area is 159 Å². The maximum Gasteiger partial charge on any atom is 0.261 e. The number of carbonyl (C=O) groups is 1. The lowest BCUT2D eigenvalue weighted by atomic mass is 10.1. The van der Waals surface area contributed by atoms with Crippen LogP contribution in [0.4, 0.5) is 5.69 Å². The molecule has 8 heteroatoms. The number of amides is 1. The van der Waals surface area contributed by atoms with E-state index in [1.807, 2.05) is 19.9 Å². The van der Waals surface area contributed by atoms with Crippen LogP contribution in [-0.2, 0) is 19.6 Å². The van der Waals surface area contributed by atoms with Crippen LogP contribution < -0.4 is 14.8 Å². The van der Waals surface area contributed by atoms with E-state index in [4.69, 9.17) is 9.47 Å². The van der Waals surface area contributed by atoms with Crippen LogP contribution in [0.5, 0.6) is 5.75 Å². The first-order chi connectivity index (χ1) is 12.8. The number of carbonyl (C=O) groups excluding carboxylic acids is 1. The summed E-state index contributed by atoms with van der Waals surface area (Å²) in [6.45, 7) is 4.55. The molecule has 7 nitrogen and oxygen atoms in total. The average molecular weight is 392 g/mol. The first-order valence-electron chi connectivity index (χ1n) is 8.40. The van der Waals surface area contributed by atoms with E-state index in [1.165, 1.54) is 24.3 Å². The zero-order valence-corrected chi connectivity index (χ0v) is 16.4. The van der Waals surface area contributed by atoms with Crippen LogP contribution in [0.25, 0.3) is 0 Å². The number of rotatable bonds is 9. The van der Waals surface area contributed by atoms with Crippen molar-refractivity contribution in [3.05, 3.63) is 53.6 Å². The normalized spacial score (nSPS) is 11.1. The molecule has 2 aromatic carbocycles. The molecule has 2 rings (SSSR count). The molecule has 0 atom stereocenters. The van der Waals surface area contributed by atoms with Crippen molar-refractivity contribution < 1.29 is 22.7 Å². The van der Waals surface area contributed by atoms with Crippen LogP contribution in [0.15, 0.2) is 47.4 Å². The van der Waals surface area contributed by atoms with Gasteiger partial charge in [0.25, 0.3) is 15.9 Å².